The molecule has 0 spiro atoms. The van der Waals surface area contributed by atoms with Gasteiger partial charge in [-0.05, 0) is 58.1 Å². The van der Waals surface area contributed by atoms with Gasteiger partial charge < -0.3 is 10.0 Å². The number of halogens is 1. The quantitative estimate of drug-likeness (QED) is 0.921. The Hall–Kier alpha value is -0.580. The van der Waals surface area contributed by atoms with E-state index < -0.39 is 0 Å². The highest BCUT2D eigenvalue weighted by Crippen LogP contribution is 2.30. The van der Waals surface area contributed by atoms with Gasteiger partial charge in [0.05, 0.1) is 0 Å². The number of aryl methyl sites for hydroxylation is 1. The number of benzene rings is 1. The molecule has 1 fully saturated rings. The van der Waals surface area contributed by atoms with Crippen molar-refractivity contribution in [1.29, 1.82) is 0 Å². The highest BCUT2D eigenvalue weighted by molar-refractivity contribution is 9.10. The van der Waals surface area contributed by atoms with Gasteiger partial charge in [0, 0.05) is 29.2 Å². The summed E-state index contributed by atoms with van der Waals surface area (Å²) in [6.07, 6.45) is 2.51. The fourth-order valence-corrected chi connectivity index (χ4v) is 3.50. The van der Waals surface area contributed by atoms with E-state index in [0.29, 0.717) is 11.8 Å². The first kappa shape index (κ1) is 14.8. The zero-order chi connectivity index (χ0) is 14.0. The molecule has 1 aromatic carbocycles. The van der Waals surface area contributed by atoms with Crippen molar-refractivity contribution in [3.63, 3.8) is 0 Å². The van der Waals surface area contributed by atoms with Gasteiger partial charge in [-0.3, -0.25) is 4.90 Å². The molecule has 1 heterocycles. The normalized spacial score (nSPS) is 20.4. The third-order valence-corrected chi connectivity index (χ3v) is 4.25. The second-order valence-electron chi connectivity index (χ2n) is 5.76. The maximum atomic E-state index is 10.2. The van der Waals surface area contributed by atoms with E-state index in [0.717, 1.165) is 35.2 Å². The van der Waals surface area contributed by atoms with Gasteiger partial charge in [0.25, 0.3) is 0 Å². The van der Waals surface area contributed by atoms with Crippen molar-refractivity contribution in [2.75, 3.05) is 27.2 Å². The highest BCUT2D eigenvalue weighted by Gasteiger charge is 2.25. The molecule has 0 radical (unpaired) electrons. The molecule has 0 amide bonds. The Bertz CT molecular complexity index is 448. The first-order valence-corrected chi connectivity index (χ1v) is 7.63. The summed E-state index contributed by atoms with van der Waals surface area (Å²) in [6.45, 7) is 5.01. The van der Waals surface area contributed by atoms with E-state index in [9.17, 15) is 5.11 Å². The fraction of sp³-hybridized carbons (Fsp3) is 0.600. The van der Waals surface area contributed by atoms with Gasteiger partial charge in [0.15, 0.2) is 0 Å². The van der Waals surface area contributed by atoms with Crippen LogP contribution in [0, 0.1) is 6.92 Å². The van der Waals surface area contributed by atoms with Crippen LogP contribution in [-0.2, 0) is 6.54 Å². The molecule has 0 saturated carbocycles. The predicted molar refractivity (Wildman–Crippen MR) is 82.5 cm³/mol. The molecule has 19 heavy (non-hydrogen) atoms. The predicted octanol–water partition coefficient (Wildman–Crippen LogP) is 2.99. The summed E-state index contributed by atoms with van der Waals surface area (Å²) in [4.78, 5) is 4.73. The van der Waals surface area contributed by atoms with E-state index in [1.54, 1.807) is 0 Å². The maximum Gasteiger partial charge on any atom is 0.123 e. The van der Waals surface area contributed by atoms with E-state index in [1.165, 1.54) is 12.8 Å². The SMILES string of the molecule is Cc1cc(Br)cc(CN2CCCC2CN(C)C)c1O. The second-order valence-corrected chi connectivity index (χ2v) is 6.67. The monoisotopic (exact) mass is 326 g/mol. The number of hydrogen-bond acceptors (Lipinski definition) is 3. The lowest BCUT2D eigenvalue weighted by Crippen LogP contribution is -2.37. The van der Waals surface area contributed by atoms with Gasteiger partial charge in [0.1, 0.15) is 5.75 Å². The maximum absolute atomic E-state index is 10.2. The molecule has 106 valence electrons. The van der Waals surface area contributed by atoms with Gasteiger partial charge in [-0.15, -0.1) is 0 Å². The lowest BCUT2D eigenvalue weighted by atomic mass is 10.1. The number of likely N-dealkylation sites (tertiary alicyclic amines) is 1. The van der Waals surface area contributed by atoms with E-state index in [1.807, 2.05) is 19.1 Å². The van der Waals surface area contributed by atoms with Crippen molar-refractivity contribution in [3.8, 4) is 5.75 Å². The number of phenolic OH excluding ortho intramolecular Hbond substituents is 1. The Morgan fingerprint density at radius 2 is 2.16 bits per heavy atom. The zero-order valence-corrected chi connectivity index (χ0v) is 13.6. The van der Waals surface area contributed by atoms with Crippen LogP contribution < -0.4 is 0 Å². The summed E-state index contributed by atoms with van der Waals surface area (Å²) in [7, 11) is 4.24. The smallest absolute Gasteiger partial charge is 0.123 e. The van der Waals surface area contributed by atoms with E-state index in [4.69, 9.17) is 0 Å². The summed E-state index contributed by atoms with van der Waals surface area (Å²) >= 11 is 3.51. The average molecular weight is 327 g/mol. The molecule has 1 aliphatic heterocycles. The van der Waals surface area contributed by atoms with Crippen molar-refractivity contribution in [2.45, 2.75) is 32.4 Å². The Labute approximate surface area is 124 Å². The van der Waals surface area contributed by atoms with Crippen molar-refractivity contribution in [1.82, 2.24) is 9.80 Å². The van der Waals surface area contributed by atoms with Gasteiger partial charge >= 0.3 is 0 Å². The Morgan fingerprint density at radius 3 is 2.84 bits per heavy atom. The molecule has 3 nitrogen and oxygen atoms in total. The van der Waals surface area contributed by atoms with Gasteiger partial charge in [-0.2, -0.15) is 0 Å². The Balaban J connectivity index is 2.12. The molecule has 4 heteroatoms. The summed E-state index contributed by atoms with van der Waals surface area (Å²) in [5.74, 6) is 0.443. The molecule has 1 N–H and O–H groups in total. The van der Waals surface area contributed by atoms with Crippen LogP contribution in [0.5, 0.6) is 5.75 Å². The number of rotatable bonds is 4. The van der Waals surface area contributed by atoms with E-state index in [-0.39, 0.29) is 0 Å². The lowest BCUT2D eigenvalue weighted by Gasteiger charge is -2.27. The standard InChI is InChI=1S/C15H23BrN2O/c1-11-7-13(16)8-12(15(11)19)9-18-6-4-5-14(18)10-17(2)3/h7-8,14,19H,4-6,9-10H2,1-3H3. The van der Waals surface area contributed by atoms with Crippen LogP contribution in [0.1, 0.15) is 24.0 Å². The molecule has 0 bridgehead atoms. The molecule has 1 aliphatic rings. The van der Waals surface area contributed by atoms with Crippen molar-refractivity contribution in [2.24, 2.45) is 0 Å². The summed E-state index contributed by atoms with van der Waals surface area (Å²) in [6, 6.07) is 4.60. The Kier molecular flexibility index (Phi) is 4.87. The summed E-state index contributed by atoms with van der Waals surface area (Å²) < 4.78 is 1.04. The van der Waals surface area contributed by atoms with Crippen LogP contribution in [0.15, 0.2) is 16.6 Å². The minimum atomic E-state index is 0.443. The van der Waals surface area contributed by atoms with Gasteiger partial charge in [0.2, 0.25) is 0 Å². The number of hydrogen-bond donors (Lipinski definition) is 1. The topological polar surface area (TPSA) is 26.7 Å². The van der Waals surface area contributed by atoms with Crippen LogP contribution in [0.25, 0.3) is 0 Å². The Morgan fingerprint density at radius 1 is 1.42 bits per heavy atom. The number of phenols is 1. The molecule has 0 aromatic heterocycles. The van der Waals surface area contributed by atoms with Crippen LogP contribution in [0.2, 0.25) is 0 Å². The molecule has 0 aliphatic carbocycles. The average Bonchev–Trinajstić information content (AvgIpc) is 2.72. The minimum Gasteiger partial charge on any atom is -0.507 e. The third kappa shape index (κ3) is 3.71. The van der Waals surface area contributed by atoms with Crippen LogP contribution >= 0.6 is 15.9 Å². The molecule has 1 saturated heterocycles. The van der Waals surface area contributed by atoms with Gasteiger partial charge in [-0.1, -0.05) is 15.9 Å². The molecule has 1 aromatic rings. The van der Waals surface area contributed by atoms with Crippen LogP contribution in [0.3, 0.4) is 0 Å². The van der Waals surface area contributed by atoms with Crippen molar-refractivity contribution in [3.05, 3.63) is 27.7 Å². The minimum absolute atomic E-state index is 0.443. The van der Waals surface area contributed by atoms with Gasteiger partial charge in [-0.25, -0.2) is 0 Å². The highest BCUT2D eigenvalue weighted by atomic mass is 79.9. The van der Waals surface area contributed by atoms with Crippen molar-refractivity contribution >= 4 is 15.9 Å². The lowest BCUT2D eigenvalue weighted by molar-refractivity contribution is 0.199. The number of nitrogens with zero attached hydrogens (tertiary/aromatic N) is 2. The molecule has 1 atom stereocenters. The molecule has 1 unspecified atom stereocenters. The third-order valence-electron chi connectivity index (χ3n) is 3.79. The van der Waals surface area contributed by atoms with Crippen molar-refractivity contribution < 1.29 is 5.11 Å². The largest absolute Gasteiger partial charge is 0.507 e. The first-order chi connectivity index (χ1) is 8.97. The molecular weight excluding hydrogens is 304 g/mol. The summed E-state index contributed by atoms with van der Waals surface area (Å²) in [5, 5.41) is 10.2. The van der Waals surface area contributed by atoms with E-state index in [2.05, 4.69) is 39.8 Å². The fourth-order valence-electron chi connectivity index (χ4n) is 2.88. The first-order valence-electron chi connectivity index (χ1n) is 6.84. The van der Waals surface area contributed by atoms with Crippen LogP contribution in [-0.4, -0.2) is 48.1 Å². The second kappa shape index (κ2) is 6.25. The summed E-state index contributed by atoms with van der Waals surface area (Å²) in [5.41, 5.74) is 1.96. The number of likely N-dealkylation sites (N-methyl/N-ethyl adjacent to an activating group) is 1. The molecular formula is C15H23BrN2O. The number of aromatic hydroxyl groups is 1. The van der Waals surface area contributed by atoms with Crippen LogP contribution in [0.4, 0.5) is 0 Å². The molecule has 2 rings (SSSR count). The van der Waals surface area contributed by atoms with E-state index >= 15 is 0 Å². The zero-order valence-electron chi connectivity index (χ0n) is 12.0.